The van der Waals surface area contributed by atoms with E-state index in [1.807, 2.05) is 55.6 Å². The molecule has 0 atom stereocenters. The van der Waals surface area contributed by atoms with E-state index in [0.29, 0.717) is 12.2 Å². The summed E-state index contributed by atoms with van der Waals surface area (Å²) < 4.78 is 6.02. The van der Waals surface area contributed by atoms with Crippen molar-refractivity contribution in [3.63, 3.8) is 0 Å². The average molecular weight is 326 g/mol. The number of rotatable bonds is 2. The van der Waals surface area contributed by atoms with Crippen LogP contribution in [0.4, 0.5) is 5.69 Å². The standard InChI is InChI=1S/C22H18N2O/c1-24-12-13-25-22-19(17-10-6-3-7-11-17)14-18(20(15-23)21(22)24)16-8-4-2-5-9-16/h2-11,14H,12-13H2,1H3. The molecule has 4 rings (SSSR count). The molecule has 0 saturated heterocycles. The molecule has 1 aliphatic rings. The molecular formula is C22H18N2O. The molecule has 3 aromatic carbocycles. The van der Waals surface area contributed by atoms with E-state index in [1.54, 1.807) is 0 Å². The summed E-state index contributed by atoms with van der Waals surface area (Å²) in [5.74, 6) is 0.802. The topological polar surface area (TPSA) is 36.3 Å². The Bertz CT molecular complexity index is 943. The maximum atomic E-state index is 9.88. The molecular weight excluding hydrogens is 308 g/mol. The minimum atomic E-state index is 0.624. The van der Waals surface area contributed by atoms with E-state index in [4.69, 9.17) is 4.74 Å². The number of hydrogen-bond acceptors (Lipinski definition) is 3. The normalized spacial score (nSPS) is 12.9. The molecule has 0 spiro atoms. The predicted octanol–water partition coefficient (Wildman–Crippen LogP) is 4.72. The summed E-state index contributed by atoms with van der Waals surface area (Å²) in [6.07, 6.45) is 0. The van der Waals surface area contributed by atoms with E-state index in [0.717, 1.165) is 40.2 Å². The molecule has 0 fully saturated rings. The summed E-state index contributed by atoms with van der Waals surface area (Å²) in [4.78, 5) is 2.12. The Labute approximate surface area is 147 Å². The third kappa shape index (κ3) is 2.62. The number of benzene rings is 3. The van der Waals surface area contributed by atoms with Crippen molar-refractivity contribution in [2.75, 3.05) is 25.1 Å². The highest BCUT2D eigenvalue weighted by molar-refractivity contribution is 5.91. The third-order valence-corrected chi connectivity index (χ3v) is 4.59. The minimum absolute atomic E-state index is 0.624. The van der Waals surface area contributed by atoms with Gasteiger partial charge < -0.3 is 9.64 Å². The molecule has 0 N–H and O–H groups in total. The van der Waals surface area contributed by atoms with E-state index in [1.165, 1.54) is 0 Å². The van der Waals surface area contributed by atoms with Gasteiger partial charge in [0.2, 0.25) is 0 Å². The van der Waals surface area contributed by atoms with Gasteiger partial charge in [-0.15, -0.1) is 0 Å². The number of anilines is 1. The van der Waals surface area contributed by atoms with E-state index in [2.05, 4.69) is 29.2 Å². The number of likely N-dealkylation sites (N-methyl/N-ethyl adjacent to an activating group) is 1. The van der Waals surface area contributed by atoms with Crippen molar-refractivity contribution in [3.05, 3.63) is 72.3 Å². The van der Waals surface area contributed by atoms with Gasteiger partial charge in [0.15, 0.2) is 5.75 Å². The fraction of sp³-hybridized carbons (Fsp3) is 0.136. The first kappa shape index (κ1) is 15.3. The molecule has 0 radical (unpaired) electrons. The molecule has 3 nitrogen and oxygen atoms in total. The highest BCUT2D eigenvalue weighted by Gasteiger charge is 2.26. The molecule has 1 aliphatic heterocycles. The second-order valence-corrected chi connectivity index (χ2v) is 6.14. The molecule has 122 valence electrons. The van der Waals surface area contributed by atoms with Crippen molar-refractivity contribution in [1.29, 1.82) is 5.26 Å². The van der Waals surface area contributed by atoms with E-state index < -0.39 is 0 Å². The second-order valence-electron chi connectivity index (χ2n) is 6.14. The second kappa shape index (κ2) is 6.33. The highest BCUT2D eigenvalue weighted by atomic mass is 16.5. The Morgan fingerprint density at radius 1 is 0.920 bits per heavy atom. The first-order valence-electron chi connectivity index (χ1n) is 8.35. The lowest BCUT2D eigenvalue weighted by Gasteiger charge is -2.31. The monoisotopic (exact) mass is 326 g/mol. The number of hydrogen-bond donors (Lipinski definition) is 0. The Balaban J connectivity index is 2.06. The lowest BCUT2D eigenvalue weighted by atomic mass is 9.91. The molecule has 0 saturated carbocycles. The summed E-state index contributed by atoms with van der Waals surface area (Å²) in [5, 5.41) is 9.88. The summed E-state index contributed by atoms with van der Waals surface area (Å²) in [6, 6.07) is 24.8. The van der Waals surface area contributed by atoms with Crippen molar-refractivity contribution < 1.29 is 4.74 Å². The van der Waals surface area contributed by atoms with Gasteiger partial charge in [0.05, 0.1) is 17.8 Å². The van der Waals surface area contributed by atoms with Crippen LogP contribution >= 0.6 is 0 Å². The average Bonchev–Trinajstić information content (AvgIpc) is 2.68. The van der Waals surface area contributed by atoms with Gasteiger partial charge in [-0.2, -0.15) is 5.26 Å². The number of nitriles is 1. The number of fused-ring (bicyclic) bond motifs is 1. The van der Waals surface area contributed by atoms with Crippen LogP contribution in [0, 0.1) is 11.3 Å². The van der Waals surface area contributed by atoms with Gasteiger partial charge in [-0.3, -0.25) is 0 Å². The van der Waals surface area contributed by atoms with Crippen LogP contribution in [-0.4, -0.2) is 20.2 Å². The molecule has 0 aliphatic carbocycles. The summed E-state index contributed by atoms with van der Waals surface area (Å²) in [7, 11) is 2.02. The van der Waals surface area contributed by atoms with E-state index >= 15 is 0 Å². The molecule has 1 heterocycles. The molecule has 0 aromatic heterocycles. The Morgan fingerprint density at radius 3 is 2.12 bits per heavy atom. The Hall–Kier alpha value is -3.25. The SMILES string of the molecule is CN1CCOc2c(-c3ccccc3)cc(-c3ccccc3)c(C#N)c21. The first-order valence-corrected chi connectivity index (χ1v) is 8.35. The van der Waals surface area contributed by atoms with Crippen LogP contribution < -0.4 is 9.64 Å². The van der Waals surface area contributed by atoms with Crippen molar-refractivity contribution in [1.82, 2.24) is 0 Å². The Morgan fingerprint density at radius 2 is 1.52 bits per heavy atom. The van der Waals surface area contributed by atoms with Crippen LogP contribution in [0.2, 0.25) is 0 Å². The van der Waals surface area contributed by atoms with E-state index in [-0.39, 0.29) is 0 Å². The van der Waals surface area contributed by atoms with Gasteiger partial charge in [-0.1, -0.05) is 60.7 Å². The smallest absolute Gasteiger partial charge is 0.151 e. The summed E-state index contributed by atoms with van der Waals surface area (Å²) in [6.45, 7) is 1.40. The third-order valence-electron chi connectivity index (χ3n) is 4.59. The van der Waals surface area contributed by atoms with Crippen molar-refractivity contribution in [3.8, 4) is 34.1 Å². The van der Waals surface area contributed by atoms with Crippen LogP contribution in [0.1, 0.15) is 5.56 Å². The molecule has 0 bridgehead atoms. The maximum absolute atomic E-state index is 9.88. The minimum Gasteiger partial charge on any atom is -0.489 e. The van der Waals surface area contributed by atoms with Crippen molar-refractivity contribution in [2.24, 2.45) is 0 Å². The molecule has 3 heteroatoms. The maximum Gasteiger partial charge on any atom is 0.151 e. The van der Waals surface area contributed by atoms with Crippen LogP contribution in [-0.2, 0) is 0 Å². The lowest BCUT2D eigenvalue weighted by molar-refractivity contribution is 0.312. The Kier molecular flexibility index (Phi) is 3.87. The summed E-state index contributed by atoms with van der Waals surface area (Å²) >= 11 is 0. The predicted molar refractivity (Wildman–Crippen MR) is 101 cm³/mol. The molecule has 0 unspecified atom stereocenters. The van der Waals surface area contributed by atoms with Gasteiger partial charge >= 0.3 is 0 Å². The fourth-order valence-corrected chi connectivity index (χ4v) is 3.35. The van der Waals surface area contributed by atoms with E-state index in [9.17, 15) is 5.26 Å². The molecule has 25 heavy (non-hydrogen) atoms. The lowest BCUT2D eigenvalue weighted by Crippen LogP contribution is -2.30. The summed E-state index contributed by atoms with van der Waals surface area (Å²) in [5.41, 5.74) is 5.66. The number of nitrogens with zero attached hydrogens (tertiary/aromatic N) is 2. The number of ether oxygens (including phenoxy) is 1. The van der Waals surface area contributed by atoms with Gasteiger partial charge in [0.1, 0.15) is 12.7 Å². The highest BCUT2D eigenvalue weighted by Crippen LogP contribution is 2.46. The van der Waals surface area contributed by atoms with Crippen LogP contribution in [0.25, 0.3) is 22.3 Å². The van der Waals surface area contributed by atoms with Crippen molar-refractivity contribution >= 4 is 5.69 Å². The quantitative estimate of drug-likeness (QED) is 0.683. The zero-order chi connectivity index (χ0) is 17.2. The first-order chi connectivity index (χ1) is 12.3. The fourth-order valence-electron chi connectivity index (χ4n) is 3.35. The van der Waals surface area contributed by atoms with Gasteiger partial charge in [0.25, 0.3) is 0 Å². The van der Waals surface area contributed by atoms with Crippen LogP contribution in [0.5, 0.6) is 5.75 Å². The molecule has 0 amide bonds. The van der Waals surface area contributed by atoms with Crippen molar-refractivity contribution in [2.45, 2.75) is 0 Å². The van der Waals surface area contributed by atoms with Gasteiger partial charge in [-0.05, 0) is 17.2 Å². The zero-order valence-electron chi connectivity index (χ0n) is 14.1. The zero-order valence-corrected chi connectivity index (χ0v) is 14.1. The molecule has 3 aromatic rings. The largest absolute Gasteiger partial charge is 0.489 e. The van der Waals surface area contributed by atoms with Gasteiger partial charge in [0, 0.05) is 18.2 Å². The van der Waals surface area contributed by atoms with Crippen LogP contribution in [0.15, 0.2) is 66.7 Å². The van der Waals surface area contributed by atoms with Crippen LogP contribution in [0.3, 0.4) is 0 Å². The van der Waals surface area contributed by atoms with Gasteiger partial charge in [-0.25, -0.2) is 0 Å².